The quantitative estimate of drug-likeness (QED) is 0.231. The van der Waals surface area contributed by atoms with Crippen molar-refractivity contribution in [3.8, 4) is 17.2 Å². The number of rotatable bonds is 7. The van der Waals surface area contributed by atoms with Crippen molar-refractivity contribution in [3.05, 3.63) is 105 Å². The average molecular weight is 555 g/mol. The van der Waals surface area contributed by atoms with Gasteiger partial charge in [-0.05, 0) is 68.7 Å². The largest absolute Gasteiger partial charge is 0.325 e. The third-order valence-corrected chi connectivity index (χ3v) is 7.37. The molecule has 0 bridgehead atoms. The second-order valence-corrected chi connectivity index (χ2v) is 10.6. The van der Waals surface area contributed by atoms with E-state index in [1.165, 1.54) is 0 Å². The highest BCUT2D eigenvalue weighted by atomic mass is 35.5. The summed E-state index contributed by atoms with van der Waals surface area (Å²) in [5.74, 6) is -0.594. The second kappa shape index (κ2) is 12.2. The van der Waals surface area contributed by atoms with Gasteiger partial charge in [0.15, 0.2) is 0 Å². The Bertz CT molecular complexity index is 1610. The van der Waals surface area contributed by atoms with Crippen molar-refractivity contribution in [1.82, 2.24) is 4.98 Å². The Morgan fingerprint density at radius 1 is 0.949 bits per heavy atom. The number of aromatic nitrogens is 1. The van der Waals surface area contributed by atoms with Gasteiger partial charge in [-0.15, -0.1) is 0 Å². The molecule has 4 rings (SSSR count). The number of hydrogen-bond donors (Lipinski definition) is 2. The fourth-order valence-corrected chi connectivity index (χ4v) is 5.44. The van der Waals surface area contributed by atoms with E-state index in [9.17, 15) is 14.9 Å². The van der Waals surface area contributed by atoms with Crippen molar-refractivity contribution in [2.24, 2.45) is 0 Å². The number of nitrogens with zero attached hydrogens (tertiary/aromatic N) is 2. The van der Waals surface area contributed by atoms with Crippen molar-refractivity contribution >= 4 is 46.6 Å². The minimum Gasteiger partial charge on any atom is -0.325 e. The monoisotopic (exact) mass is 554 g/mol. The lowest BCUT2D eigenvalue weighted by Crippen LogP contribution is -2.18. The fraction of sp³-hybridized carbons (Fsp3) is 0.161. The maximum Gasteiger partial charge on any atom is 0.258 e. The van der Waals surface area contributed by atoms with E-state index in [1.807, 2.05) is 63.2 Å². The maximum atomic E-state index is 13.6. The molecule has 3 aromatic carbocycles. The van der Waals surface area contributed by atoms with E-state index in [4.69, 9.17) is 11.6 Å². The Labute approximate surface area is 237 Å². The van der Waals surface area contributed by atoms with Crippen LogP contribution in [0.5, 0.6) is 0 Å². The number of aryl methyl sites for hydroxylation is 4. The SMILES string of the molecule is Cc1cc(C)cc(NC(=O)CSc2nc(C)c(C(=O)Nc3ccccc3C)c(-c3ccccc3Cl)c2C#N)c1. The van der Waals surface area contributed by atoms with Crippen LogP contribution in [0.3, 0.4) is 0 Å². The Hall–Kier alpha value is -4.12. The number of halogens is 1. The third kappa shape index (κ3) is 6.48. The molecule has 2 N–H and O–H groups in total. The Balaban J connectivity index is 1.73. The molecular weight excluding hydrogens is 528 g/mol. The molecule has 0 saturated carbocycles. The normalized spacial score (nSPS) is 10.6. The molecule has 1 aromatic heterocycles. The Morgan fingerprint density at radius 2 is 1.62 bits per heavy atom. The van der Waals surface area contributed by atoms with Crippen LogP contribution in [0.4, 0.5) is 11.4 Å². The van der Waals surface area contributed by atoms with Gasteiger partial charge in [0.1, 0.15) is 11.1 Å². The molecule has 2 amide bonds. The van der Waals surface area contributed by atoms with E-state index in [0.717, 1.165) is 28.5 Å². The van der Waals surface area contributed by atoms with Gasteiger partial charge in [0.2, 0.25) is 5.91 Å². The number of amides is 2. The second-order valence-electron chi connectivity index (χ2n) is 9.20. The molecule has 0 unspecified atom stereocenters. The van der Waals surface area contributed by atoms with Gasteiger partial charge >= 0.3 is 0 Å². The third-order valence-electron chi connectivity index (χ3n) is 6.07. The summed E-state index contributed by atoms with van der Waals surface area (Å²) < 4.78 is 0. The van der Waals surface area contributed by atoms with Crippen LogP contribution >= 0.6 is 23.4 Å². The smallest absolute Gasteiger partial charge is 0.258 e. The van der Waals surface area contributed by atoms with Crippen molar-refractivity contribution in [3.63, 3.8) is 0 Å². The number of carbonyl (C=O) groups is 2. The van der Waals surface area contributed by atoms with Gasteiger partial charge in [0.25, 0.3) is 5.91 Å². The maximum absolute atomic E-state index is 13.6. The molecule has 0 atom stereocenters. The topological polar surface area (TPSA) is 94.9 Å². The molecular formula is C31H27ClN4O2S. The van der Waals surface area contributed by atoms with Crippen LogP contribution in [-0.4, -0.2) is 22.6 Å². The molecule has 0 fully saturated rings. The van der Waals surface area contributed by atoms with Crippen LogP contribution in [0.1, 0.15) is 38.3 Å². The number of para-hydroxylation sites is 1. The molecule has 0 spiro atoms. The number of benzene rings is 3. The molecule has 1 heterocycles. The summed E-state index contributed by atoms with van der Waals surface area (Å²) in [6.07, 6.45) is 0. The lowest BCUT2D eigenvalue weighted by atomic mass is 9.94. The van der Waals surface area contributed by atoms with Crippen molar-refractivity contribution in [1.29, 1.82) is 5.26 Å². The number of carbonyl (C=O) groups excluding carboxylic acids is 2. The molecule has 0 saturated heterocycles. The average Bonchev–Trinajstić information content (AvgIpc) is 2.88. The summed E-state index contributed by atoms with van der Waals surface area (Å²) in [5.41, 5.74) is 6.16. The van der Waals surface area contributed by atoms with Crippen molar-refractivity contribution < 1.29 is 9.59 Å². The van der Waals surface area contributed by atoms with Crippen LogP contribution < -0.4 is 10.6 Å². The molecule has 0 aliphatic carbocycles. The highest BCUT2D eigenvalue weighted by molar-refractivity contribution is 8.00. The molecule has 6 nitrogen and oxygen atoms in total. The summed E-state index contributed by atoms with van der Waals surface area (Å²) in [7, 11) is 0. The number of nitriles is 1. The van der Waals surface area contributed by atoms with E-state index < -0.39 is 5.91 Å². The first kappa shape index (κ1) is 27.9. The number of thioether (sulfide) groups is 1. The van der Waals surface area contributed by atoms with Gasteiger partial charge in [-0.25, -0.2) is 4.98 Å². The summed E-state index contributed by atoms with van der Waals surface area (Å²) in [4.78, 5) is 31.0. The summed E-state index contributed by atoms with van der Waals surface area (Å²) >= 11 is 7.71. The highest BCUT2D eigenvalue weighted by Crippen LogP contribution is 2.38. The predicted octanol–water partition coefficient (Wildman–Crippen LogP) is 7.49. The zero-order valence-electron chi connectivity index (χ0n) is 22.1. The highest BCUT2D eigenvalue weighted by Gasteiger charge is 2.26. The molecule has 0 aliphatic heterocycles. The molecule has 39 heavy (non-hydrogen) atoms. The molecule has 4 aromatic rings. The van der Waals surface area contributed by atoms with Gasteiger partial charge in [0.05, 0.1) is 22.6 Å². The van der Waals surface area contributed by atoms with Gasteiger partial charge in [-0.3, -0.25) is 9.59 Å². The van der Waals surface area contributed by atoms with E-state index in [2.05, 4.69) is 21.7 Å². The van der Waals surface area contributed by atoms with Crippen molar-refractivity contribution in [2.75, 3.05) is 16.4 Å². The molecule has 8 heteroatoms. The zero-order valence-corrected chi connectivity index (χ0v) is 23.6. The number of hydrogen-bond acceptors (Lipinski definition) is 5. The lowest BCUT2D eigenvalue weighted by Gasteiger charge is -2.18. The first-order valence-corrected chi connectivity index (χ1v) is 13.6. The number of anilines is 2. The number of pyridine rings is 1. The van der Waals surface area contributed by atoms with Crippen LogP contribution in [0.2, 0.25) is 5.02 Å². The summed E-state index contributed by atoms with van der Waals surface area (Å²) in [6, 6.07) is 22.6. The molecule has 0 radical (unpaired) electrons. The first-order chi connectivity index (χ1) is 18.7. The van der Waals surface area contributed by atoms with Crippen molar-refractivity contribution in [2.45, 2.75) is 32.7 Å². The van der Waals surface area contributed by atoms with E-state index in [0.29, 0.717) is 38.2 Å². The minimum atomic E-state index is -0.398. The van der Waals surface area contributed by atoms with Gasteiger partial charge in [-0.2, -0.15) is 5.26 Å². The molecule has 196 valence electrons. The van der Waals surface area contributed by atoms with Crippen LogP contribution in [0.15, 0.2) is 71.8 Å². The van der Waals surface area contributed by atoms with Gasteiger partial charge < -0.3 is 10.6 Å². The van der Waals surface area contributed by atoms with Crippen LogP contribution in [0, 0.1) is 39.0 Å². The standard InChI is InChI=1S/C31H27ClN4O2S/c1-18-13-19(2)15-22(14-18)35-27(37)17-39-31-24(16-33)29(23-10-6-7-11-25(23)32)28(21(4)34-31)30(38)36-26-12-8-5-9-20(26)3/h5-15H,17H2,1-4H3,(H,35,37)(H,36,38). The van der Waals surface area contributed by atoms with Gasteiger partial charge in [0, 0.05) is 27.5 Å². The Kier molecular flexibility index (Phi) is 8.70. The van der Waals surface area contributed by atoms with Gasteiger partial charge in [-0.1, -0.05) is 65.8 Å². The minimum absolute atomic E-state index is 0.0326. The summed E-state index contributed by atoms with van der Waals surface area (Å²) in [5, 5.41) is 16.9. The van der Waals surface area contributed by atoms with E-state index >= 15 is 0 Å². The zero-order chi connectivity index (χ0) is 28.1. The summed E-state index contributed by atoms with van der Waals surface area (Å²) in [6.45, 7) is 7.56. The van der Waals surface area contributed by atoms with Crippen LogP contribution in [-0.2, 0) is 4.79 Å². The fourth-order valence-electron chi connectivity index (χ4n) is 4.37. The Morgan fingerprint density at radius 3 is 2.28 bits per heavy atom. The predicted molar refractivity (Wildman–Crippen MR) is 159 cm³/mol. The van der Waals surface area contributed by atoms with E-state index in [-0.39, 0.29) is 22.8 Å². The lowest BCUT2D eigenvalue weighted by molar-refractivity contribution is -0.113. The number of nitrogens with one attached hydrogen (secondary N) is 2. The van der Waals surface area contributed by atoms with E-state index in [1.54, 1.807) is 31.2 Å². The molecule has 0 aliphatic rings. The van der Waals surface area contributed by atoms with Crippen LogP contribution in [0.25, 0.3) is 11.1 Å². The first-order valence-electron chi connectivity index (χ1n) is 12.3.